The normalized spacial score (nSPS) is 21.1. The second-order valence-corrected chi connectivity index (χ2v) is 13.1. The third-order valence-electron chi connectivity index (χ3n) is 5.54. The van der Waals surface area contributed by atoms with E-state index in [4.69, 9.17) is 24.8 Å². The van der Waals surface area contributed by atoms with E-state index in [1.165, 1.54) is 6.92 Å². The van der Waals surface area contributed by atoms with Gasteiger partial charge in [0.1, 0.15) is 18.4 Å². The summed E-state index contributed by atoms with van der Waals surface area (Å²) in [5.41, 5.74) is 6.16. The molecule has 1 aliphatic rings. The van der Waals surface area contributed by atoms with Gasteiger partial charge in [0.25, 0.3) is 11.2 Å². The Hall–Kier alpha value is -3.55. The minimum atomic E-state index is -5.87. The molecule has 3 rings (SSSR count). The minimum absolute atomic E-state index is 0.0621. The quantitative estimate of drug-likeness (QED) is 0.0378. The molecule has 2 heterocycles. The number of carbonyl (C=O) groups is 1. The van der Waals surface area contributed by atoms with E-state index in [2.05, 4.69) is 23.2 Å². The van der Waals surface area contributed by atoms with Gasteiger partial charge in [0.2, 0.25) is 0 Å². The zero-order valence-corrected chi connectivity index (χ0v) is 24.5. The number of azide groups is 1. The monoisotopic (exact) mass is 686 g/mol. The van der Waals surface area contributed by atoms with Gasteiger partial charge in [-0.1, -0.05) is 5.11 Å². The van der Waals surface area contributed by atoms with Crippen molar-refractivity contribution in [3.05, 3.63) is 82.5 Å². The van der Waals surface area contributed by atoms with Crippen LogP contribution in [0.15, 0.2) is 39.1 Å². The Kier molecular flexibility index (Phi) is 10.8. The highest BCUT2D eigenvalue weighted by molar-refractivity contribution is 7.66. The molecule has 0 amide bonds. The van der Waals surface area contributed by atoms with Gasteiger partial charge in [0, 0.05) is 35.2 Å². The van der Waals surface area contributed by atoms with Crippen molar-refractivity contribution in [2.45, 2.75) is 38.3 Å². The van der Waals surface area contributed by atoms with Crippen molar-refractivity contribution in [1.29, 1.82) is 0 Å². The number of phosphoric acid groups is 3. The van der Waals surface area contributed by atoms with Gasteiger partial charge in [-0.2, -0.15) is 8.62 Å². The molecule has 1 aromatic heterocycles. The summed E-state index contributed by atoms with van der Waals surface area (Å²) in [6.45, 7) is -0.233. The van der Waals surface area contributed by atoms with Gasteiger partial charge in [0.05, 0.1) is 23.6 Å². The van der Waals surface area contributed by atoms with Crippen LogP contribution in [0.25, 0.3) is 10.4 Å². The Morgan fingerprint density at radius 2 is 1.91 bits per heavy atom. The molecule has 0 saturated carbocycles. The summed E-state index contributed by atoms with van der Waals surface area (Å²) in [7, 11) is -17.2. The van der Waals surface area contributed by atoms with Crippen molar-refractivity contribution in [2.75, 3.05) is 6.61 Å². The molecule has 23 nitrogen and oxygen atoms in total. The number of esters is 1. The van der Waals surface area contributed by atoms with E-state index in [0.717, 1.165) is 29.0 Å². The van der Waals surface area contributed by atoms with Crippen LogP contribution in [0.3, 0.4) is 0 Å². The lowest BCUT2D eigenvalue weighted by Gasteiger charge is -2.21. The predicted octanol–water partition coefficient (Wildman–Crippen LogP) is 1.42. The van der Waals surface area contributed by atoms with Crippen molar-refractivity contribution >= 4 is 35.1 Å². The Morgan fingerprint density at radius 3 is 2.52 bits per heavy atom. The van der Waals surface area contributed by atoms with Crippen LogP contribution < -0.4 is 11.2 Å². The van der Waals surface area contributed by atoms with E-state index in [1.807, 2.05) is 4.98 Å². The topological polar surface area (TPSA) is 342 Å². The second kappa shape index (κ2) is 13.6. The number of ether oxygens (including phenoxy) is 2. The number of H-pyrrole nitrogens is 1. The maximum atomic E-state index is 13.1. The molecule has 0 aliphatic carbocycles. The lowest BCUT2D eigenvalue weighted by atomic mass is 10.1. The molecule has 2 aromatic rings. The smallest absolute Gasteiger partial charge is 0.456 e. The van der Waals surface area contributed by atoms with Gasteiger partial charge >= 0.3 is 35.1 Å². The molecule has 0 radical (unpaired) electrons. The average molecular weight is 686 g/mol. The van der Waals surface area contributed by atoms with E-state index in [0.29, 0.717) is 0 Å². The van der Waals surface area contributed by atoms with Gasteiger partial charge in [-0.25, -0.2) is 23.3 Å². The number of nitro groups is 1. The van der Waals surface area contributed by atoms with Crippen molar-refractivity contribution in [1.82, 2.24) is 9.55 Å². The molecule has 5 N–H and O–H groups in total. The number of carbonyl (C=O) groups excluding carboxylic acids is 1. The third-order valence-corrected chi connectivity index (χ3v) is 9.34. The number of hydrogen-bond donors (Lipinski definition) is 5. The Labute approximate surface area is 243 Å². The Morgan fingerprint density at radius 1 is 1.23 bits per heavy atom. The summed E-state index contributed by atoms with van der Waals surface area (Å²) in [6, 6.07) is 2.92. The molecule has 44 heavy (non-hydrogen) atoms. The van der Waals surface area contributed by atoms with Crippen LogP contribution in [0, 0.1) is 17.0 Å². The molecule has 240 valence electrons. The molecule has 1 saturated heterocycles. The highest BCUT2D eigenvalue weighted by atomic mass is 31.3. The average Bonchev–Trinajstić information content (AvgIpc) is 3.28. The summed E-state index contributed by atoms with van der Waals surface area (Å²) in [6.07, 6.45) is -3.61. The van der Waals surface area contributed by atoms with E-state index >= 15 is 0 Å². The second-order valence-electron chi connectivity index (χ2n) is 8.66. The Balaban J connectivity index is 1.90. The third kappa shape index (κ3) is 9.47. The molecule has 0 spiro atoms. The van der Waals surface area contributed by atoms with Gasteiger partial charge < -0.3 is 29.0 Å². The first-order valence-corrected chi connectivity index (χ1v) is 16.1. The van der Waals surface area contributed by atoms with Crippen molar-refractivity contribution in [3.63, 3.8) is 0 Å². The summed E-state index contributed by atoms with van der Waals surface area (Å²) in [5, 5.41) is 14.4. The van der Waals surface area contributed by atoms with E-state index in [-0.39, 0.29) is 23.1 Å². The van der Waals surface area contributed by atoms with Crippen molar-refractivity contribution in [2.24, 2.45) is 5.11 Å². The molecule has 0 bridgehead atoms. The van der Waals surface area contributed by atoms with Gasteiger partial charge in [-0.15, -0.1) is 0 Å². The van der Waals surface area contributed by atoms with E-state index in [1.54, 1.807) is 0 Å². The van der Waals surface area contributed by atoms with E-state index < -0.39 is 82.9 Å². The summed E-state index contributed by atoms with van der Waals surface area (Å²) >= 11 is 0. The molecule has 3 unspecified atom stereocenters. The van der Waals surface area contributed by atoms with Crippen LogP contribution in [0.1, 0.15) is 34.1 Å². The maximum Gasteiger partial charge on any atom is 0.490 e. The van der Waals surface area contributed by atoms with Gasteiger partial charge in [-0.05, 0) is 24.1 Å². The number of nitrogens with zero attached hydrogens (tertiary/aromatic N) is 5. The number of aryl methyl sites for hydroxylation is 1. The standard InChI is InChI=1S/C18H21N6O17P3/c1-9-7-23(18(27)21-16(9)25)15-5-13(14(38-15)8-37-43(33,34)41-44(35,36)40-42(30,31)32)39-17(26)12-3-2-11(24(28)29)4-10(12)6-20-22-19/h2-4,7,13-15H,5-6,8H2,1H3,(H,33,34)(H,35,36)(H,21,25,27)(H2,30,31,32)/t13?,14-,15-/m1/s1. The lowest BCUT2D eigenvalue weighted by Crippen LogP contribution is -2.33. The number of hydrogen-bond acceptors (Lipinski definition) is 14. The zero-order chi connectivity index (χ0) is 33.0. The first-order valence-electron chi connectivity index (χ1n) is 11.6. The molecule has 1 aliphatic heterocycles. The van der Waals surface area contributed by atoms with Crippen LogP contribution in [0.4, 0.5) is 5.69 Å². The molecular weight excluding hydrogens is 665 g/mol. The summed E-state index contributed by atoms with van der Waals surface area (Å²) in [4.78, 5) is 88.7. The maximum absolute atomic E-state index is 13.1. The highest BCUT2D eigenvalue weighted by Gasteiger charge is 2.44. The fourth-order valence-electron chi connectivity index (χ4n) is 3.75. The Bertz CT molecular complexity index is 1760. The number of benzene rings is 1. The molecule has 1 fully saturated rings. The van der Waals surface area contributed by atoms with Crippen LogP contribution in [0.5, 0.6) is 0 Å². The van der Waals surface area contributed by atoms with Crippen molar-refractivity contribution in [3.8, 4) is 0 Å². The van der Waals surface area contributed by atoms with Gasteiger partial charge in [-0.3, -0.25) is 29.0 Å². The molecule has 26 heteroatoms. The number of nitro benzene ring substituents is 1. The van der Waals surface area contributed by atoms with Crippen molar-refractivity contribution < 1.29 is 65.6 Å². The molecule has 5 atom stereocenters. The number of rotatable bonds is 13. The zero-order valence-electron chi connectivity index (χ0n) is 21.8. The lowest BCUT2D eigenvalue weighted by molar-refractivity contribution is -0.384. The SMILES string of the molecule is Cc1cn([C@H]2CC(OC(=O)c3ccc([N+](=O)[O-])cc3CN=[N+]=[N-])[C@@H](COP(=O)(O)OP(=O)(O)OP(=O)(O)O)O2)c(=O)[nH]c1=O. The largest absolute Gasteiger partial charge is 0.490 e. The van der Waals surface area contributed by atoms with Crippen LogP contribution in [0.2, 0.25) is 0 Å². The number of aromatic nitrogens is 2. The first-order chi connectivity index (χ1) is 20.3. The fourth-order valence-corrected chi connectivity index (χ4v) is 6.78. The fraction of sp³-hybridized carbons (Fsp3) is 0.389. The van der Waals surface area contributed by atoms with Crippen LogP contribution >= 0.6 is 23.5 Å². The number of non-ortho nitro benzene ring substituents is 1. The number of aromatic amines is 1. The van der Waals surface area contributed by atoms with Gasteiger partial charge in [0.15, 0.2) is 0 Å². The summed E-state index contributed by atoms with van der Waals surface area (Å²) in [5.74, 6) is -1.16. The first kappa shape index (κ1) is 34.9. The minimum Gasteiger partial charge on any atom is -0.456 e. The predicted molar refractivity (Wildman–Crippen MR) is 140 cm³/mol. The molecular formula is C18H21N6O17P3. The molecule has 1 aromatic carbocycles. The van der Waals surface area contributed by atoms with Crippen LogP contribution in [-0.2, 0) is 42.9 Å². The number of phosphoric ester groups is 1. The van der Waals surface area contributed by atoms with Crippen LogP contribution in [-0.4, -0.2) is 58.8 Å². The highest BCUT2D eigenvalue weighted by Crippen LogP contribution is 2.66. The summed E-state index contributed by atoms with van der Waals surface area (Å²) < 4.78 is 58.5. The number of nitrogens with one attached hydrogen (secondary N) is 1. The van der Waals surface area contributed by atoms with E-state index in [9.17, 15) is 48.0 Å².